The van der Waals surface area contributed by atoms with Gasteiger partial charge >= 0.3 is 0 Å². The SMILES string of the molecule is Fc1cc(F)c(F)c(NNc2cc(-c3ccncc3)nc(NC3CC3)n2)c1F. The maximum Gasteiger partial charge on any atom is 0.225 e. The van der Waals surface area contributed by atoms with Crippen molar-refractivity contribution in [3.63, 3.8) is 0 Å². The van der Waals surface area contributed by atoms with E-state index < -0.39 is 29.0 Å². The monoisotopic (exact) mass is 390 g/mol. The highest BCUT2D eigenvalue weighted by Gasteiger charge is 2.23. The van der Waals surface area contributed by atoms with Gasteiger partial charge in [-0.2, -0.15) is 4.98 Å². The third-order valence-electron chi connectivity index (χ3n) is 4.04. The molecule has 144 valence electrons. The Balaban J connectivity index is 1.64. The number of nitrogens with one attached hydrogen (secondary N) is 3. The van der Waals surface area contributed by atoms with Crippen molar-refractivity contribution in [2.24, 2.45) is 0 Å². The number of halogens is 4. The van der Waals surface area contributed by atoms with Gasteiger partial charge in [-0.25, -0.2) is 22.5 Å². The van der Waals surface area contributed by atoms with Crippen LogP contribution in [0.15, 0.2) is 36.7 Å². The first-order chi connectivity index (χ1) is 13.5. The van der Waals surface area contributed by atoms with E-state index in [4.69, 9.17) is 0 Å². The minimum absolute atomic E-state index is 0.139. The molecule has 1 aromatic carbocycles. The Hall–Kier alpha value is -3.43. The van der Waals surface area contributed by atoms with Crippen LogP contribution in [0.1, 0.15) is 12.8 Å². The summed E-state index contributed by atoms with van der Waals surface area (Å²) in [5, 5.41) is 3.13. The molecule has 2 heterocycles. The number of pyridine rings is 1. The molecule has 28 heavy (non-hydrogen) atoms. The lowest BCUT2D eigenvalue weighted by Crippen LogP contribution is -2.16. The van der Waals surface area contributed by atoms with E-state index >= 15 is 0 Å². The Morgan fingerprint density at radius 2 is 1.54 bits per heavy atom. The van der Waals surface area contributed by atoms with Gasteiger partial charge in [0.15, 0.2) is 29.1 Å². The molecular weight excluding hydrogens is 376 g/mol. The lowest BCUT2D eigenvalue weighted by molar-refractivity contribution is 0.459. The van der Waals surface area contributed by atoms with Gasteiger partial charge in [-0.15, -0.1) is 0 Å². The van der Waals surface area contributed by atoms with Crippen LogP contribution in [0.5, 0.6) is 0 Å². The number of hydrogen-bond donors (Lipinski definition) is 3. The highest BCUT2D eigenvalue weighted by Crippen LogP contribution is 2.27. The van der Waals surface area contributed by atoms with E-state index in [1.54, 1.807) is 24.5 Å². The van der Waals surface area contributed by atoms with Gasteiger partial charge in [0.05, 0.1) is 5.69 Å². The average Bonchev–Trinajstić information content (AvgIpc) is 3.51. The second-order valence-electron chi connectivity index (χ2n) is 6.21. The van der Waals surface area contributed by atoms with Crippen LogP contribution in [0, 0.1) is 23.3 Å². The van der Waals surface area contributed by atoms with Gasteiger partial charge in [-0.05, 0) is 25.0 Å². The summed E-state index contributed by atoms with van der Waals surface area (Å²) in [5.74, 6) is -5.67. The molecule has 10 heteroatoms. The summed E-state index contributed by atoms with van der Waals surface area (Å²) < 4.78 is 54.3. The molecule has 3 N–H and O–H groups in total. The van der Waals surface area contributed by atoms with Crippen LogP contribution in [-0.2, 0) is 0 Å². The zero-order chi connectivity index (χ0) is 19.7. The zero-order valence-corrected chi connectivity index (χ0v) is 14.3. The molecule has 4 rings (SSSR count). The molecule has 1 aliphatic rings. The van der Waals surface area contributed by atoms with Gasteiger partial charge in [0.25, 0.3) is 0 Å². The summed E-state index contributed by atoms with van der Waals surface area (Å²) in [6.45, 7) is 0. The zero-order valence-electron chi connectivity index (χ0n) is 14.3. The van der Waals surface area contributed by atoms with Crippen molar-refractivity contribution in [1.82, 2.24) is 15.0 Å². The fourth-order valence-electron chi connectivity index (χ4n) is 2.47. The standard InChI is InChI=1S/C18H14F4N6/c19-11-7-12(20)16(22)17(15(11)21)28-27-14-8-13(9-3-5-23-6-4-9)25-18(26-14)24-10-1-2-10/h3-8,10,28H,1-2H2,(H2,24,25,26,27). The third-order valence-corrected chi connectivity index (χ3v) is 4.04. The number of anilines is 3. The molecule has 2 aromatic heterocycles. The van der Waals surface area contributed by atoms with E-state index in [0.717, 1.165) is 18.4 Å². The Morgan fingerprint density at radius 1 is 0.857 bits per heavy atom. The minimum atomic E-state index is -1.55. The van der Waals surface area contributed by atoms with Crippen LogP contribution in [0.2, 0.25) is 0 Å². The molecular formula is C18H14F4N6. The highest BCUT2D eigenvalue weighted by atomic mass is 19.2. The van der Waals surface area contributed by atoms with Gasteiger partial charge in [-0.1, -0.05) is 0 Å². The molecule has 0 aliphatic heterocycles. The summed E-state index contributed by atoms with van der Waals surface area (Å²) in [6.07, 6.45) is 5.17. The second-order valence-corrected chi connectivity index (χ2v) is 6.21. The number of hydrogen-bond acceptors (Lipinski definition) is 6. The smallest absolute Gasteiger partial charge is 0.225 e. The maximum atomic E-state index is 13.8. The Kier molecular flexibility index (Phi) is 4.68. The van der Waals surface area contributed by atoms with E-state index in [1.807, 2.05) is 0 Å². The summed E-state index contributed by atoms with van der Waals surface area (Å²) in [4.78, 5) is 12.6. The van der Waals surface area contributed by atoms with Crippen LogP contribution in [0.25, 0.3) is 11.3 Å². The first-order valence-electron chi connectivity index (χ1n) is 8.42. The van der Waals surface area contributed by atoms with Crippen molar-refractivity contribution in [2.75, 3.05) is 16.2 Å². The molecule has 1 fully saturated rings. The van der Waals surface area contributed by atoms with Gasteiger partial charge in [0.2, 0.25) is 5.95 Å². The molecule has 0 amide bonds. The Labute approximate surface area is 157 Å². The van der Waals surface area contributed by atoms with Crippen molar-refractivity contribution in [3.8, 4) is 11.3 Å². The lowest BCUT2D eigenvalue weighted by Gasteiger charge is -2.14. The van der Waals surface area contributed by atoms with Crippen molar-refractivity contribution < 1.29 is 17.6 Å². The molecule has 1 saturated carbocycles. The fraction of sp³-hybridized carbons (Fsp3) is 0.167. The quantitative estimate of drug-likeness (QED) is 0.334. The molecule has 0 unspecified atom stereocenters. The molecule has 3 aromatic rings. The molecule has 1 aliphatic carbocycles. The van der Waals surface area contributed by atoms with Crippen LogP contribution < -0.4 is 16.2 Å². The Morgan fingerprint density at radius 3 is 2.18 bits per heavy atom. The van der Waals surface area contributed by atoms with Crippen LogP contribution in [0.3, 0.4) is 0 Å². The van der Waals surface area contributed by atoms with Gasteiger partial charge in [0, 0.05) is 36.1 Å². The third kappa shape index (κ3) is 3.80. The Bertz CT molecular complexity index is 984. The van der Waals surface area contributed by atoms with E-state index in [2.05, 4.69) is 31.1 Å². The summed E-state index contributed by atoms with van der Waals surface area (Å²) in [5.41, 5.74) is 4.90. The minimum Gasteiger partial charge on any atom is -0.351 e. The van der Waals surface area contributed by atoms with E-state index in [-0.39, 0.29) is 17.9 Å². The predicted molar refractivity (Wildman–Crippen MR) is 95.4 cm³/mol. The van der Waals surface area contributed by atoms with E-state index in [1.165, 1.54) is 6.07 Å². The van der Waals surface area contributed by atoms with E-state index in [9.17, 15) is 17.6 Å². The molecule has 6 nitrogen and oxygen atoms in total. The van der Waals surface area contributed by atoms with Crippen LogP contribution >= 0.6 is 0 Å². The maximum absolute atomic E-state index is 13.8. The van der Waals surface area contributed by atoms with Gasteiger partial charge < -0.3 is 5.32 Å². The first-order valence-corrected chi connectivity index (χ1v) is 8.42. The average molecular weight is 390 g/mol. The van der Waals surface area contributed by atoms with Crippen molar-refractivity contribution in [3.05, 3.63) is 59.9 Å². The van der Waals surface area contributed by atoms with Crippen molar-refractivity contribution >= 4 is 17.5 Å². The van der Waals surface area contributed by atoms with Gasteiger partial charge in [0.1, 0.15) is 5.69 Å². The number of rotatable bonds is 6. The molecule has 0 saturated heterocycles. The molecule has 0 atom stereocenters. The molecule has 0 radical (unpaired) electrons. The molecule has 0 spiro atoms. The number of benzene rings is 1. The largest absolute Gasteiger partial charge is 0.351 e. The van der Waals surface area contributed by atoms with Crippen molar-refractivity contribution in [1.29, 1.82) is 0 Å². The fourth-order valence-corrected chi connectivity index (χ4v) is 2.47. The van der Waals surface area contributed by atoms with Gasteiger partial charge in [-0.3, -0.25) is 15.8 Å². The first kappa shape index (κ1) is 18.0. The number of hydrazine groups is 1. The van der Waals surface area contributed by atoms with Crippen LogP contribution in [0.4, 0.5) is 35.0 Å². The van der Waals surface area contributed by atoms with E-state index in [0.29, 0.717) is 11.6 Å². The summed E-state index contributed by atoms with van der Waals surface area (Å²) >= 11 is 0. The normalized spacial score (nSPS) is 13.3. The second kappa shape index (κ2) is 7.29. The van der Waals surface area contributed by atoms with Crippen molar-refractivity contribution in [2.45, 2.75) is 18.9 Å². The summed E-state index contributed by atoms with van der Waals surface area (Å²) in [7, 11) is 0. The lowest BCUT2D eigenvalue weighted by atomic mass is 10.2. The summed E-state index contributed by atoms with van der Waals surface area (Å²) in [6, 6.07) is 5.40. The van der Waals surface area contributed by atoms with Crippen LogP contribution in [-0.4, -0.2) is 21.0 Å². The number of nitrogens with zero attached hydrogens (tertiary/aromatic N) is 3. The topological polar surface area (TPSA) is 74.8 Å². The highest BCUT2D eigenvalue weighted by molar-refractivity contribution is 5.65. The number of aromatic nitrogens is 3. The predicted octanol–water partition coefficient (Wildman–Crippen LogP) is 4.11. The molecule has 0 bridgehead atoms.